The molecule has 1 unspecified atom stereocenters. The highest BCUT2D eigenvalue weighted by molar-refractivity contribution is 6.27. The molecule has 2 amide bonds. The fraction of sp³-hybridized carbons (Fsp3) is 0.421. The highest BCUT2D eigenvalue weighted by Crippen LogP contribution is 2.14. The fourth-order valence-electron chi connectivity index (χ4n) is 3.40. The van der Waals surface area contributed by atoms with E-state index in [2.05, 4.69) is 25.7 Å². The zero-order valence-electron chi connectivity index (χ0n) is 16.7. The van der Waals surface area contributed by atoms with Crippen LogP contribution in [-0.2, 0) is 25.7 Å². The van der Waals surface area contributed by atoms with Crippen LogP contribution in [0.4, 0.5) is 0 Å². The maximum absolute atomic E-state index is 12.5. The number of carbonyl (C=O) groups is 4. The summed E-state index contributed by atoms with van der Waals surface area (Å²) in [5.41, 5.74) is 7.40. The van der Waals surface area contributed by atoms with E-state index in [9.17, 15) is 9.59 Å². The van der Waals surface area contributed by atoms with E-state index in [1.165, 1.54) is 0 Å². The van der Waals surface area contributed by atoms with Gasteiger partial charge in [0.05, 0.1) is 17.6 Å². The number of carbonyl (C=O) groups excluding carboxylic acids is 2. The maximum Gasteiger partial charge on any atom is 0.414 e. The van der Waals surface area contributed by atoms with Gasteiger partial charge >= 0.3 is 11.9 Å². The van der Waals surface area contributed by atoms with Gasteiger partial charge in [-0.3, -0.25) is 19.9 Å². The van der Waals surface area contributed by atoms with Crippen molar-refractivity contribution in [3.63, 3.8) is 0 Å². The van der Waals surface area contributed by atoms with E-state index in [0.29, 0.717) is 25.9 Å². The van der Waals surface area contributed by atoms with Crippen LogP contribution in [-0.4, -0.2) is 86.0 Å². The SMILES string of the molecule is O=C(O)C(=O)O.O=C1CCC(C(=O)N2CCN(Cc3nc4ccccc4[nH]3)CC2)NN1. The number of para-hydroxylation sites is 2. The zero-order chi connectivity index (χ0) is 22.4. The molecule has 0 saturated carbocycles. The van der Waals surface area contributed by atoms with Crippen LogP contribution in [0.25, 0.3) is 11.0 Å². The zero-order valence-corrected chi connectivity index (χ0v) is 16.7. The molecule has 1 aromatic carbocycles. The number of carboxylic acids is 2. The summed E-state index contributed by atoms with van der Waals surface area (Å²) >= 11 is 0. The van der Waals surface area contributed by atoms with E-state index in [-0.39, 0.29) is 17.9 Å². The molecular formula is C19H24N6O6. The van der Waals surface area contributed by atoms with Gasteiger partial charge in [-0.1, -0.05) is 12.1 Å². The third kappa shape index (κ3) is 5.99. The predicted octanol–water partition coefficient (Wildman–Crippen LogP) is -0.854. The van der Waals surface area contributed by atoms with Crippen molar-refractivity contribution < 1.29 is 29.4 Å². The van der Waals surface area contributed by atoms with Gasteiger partial charge < -0.3 is 20.1 Å². The Morgan fingerprint density at radius 2 is 1.74 bits per heavy atom. The number of fused-ring (bicyclic) bond motifs is 1. The van der Waals surface area contributed by atoms with E-state index in [1.807, 2.05) is 29.2 Å². The van der Waals surface area contributed by atoms with Gasteiger partial charge in [-0.05, 0) is 18.6 Å². The number of aromatic amines is 1. The number of nitrogens with one attached hydrogen (secondary N) is 3. The van der Waals surface area contributed by atoms with Crippen LogP contribution in [0.3, 0.4) is 0 Å². The molecule has 0 aliphatic carbocycles. The van der Waals surface area contributed by atoms with Gasteiger partial charge in [-0.15, -0.1) is 0 Å². The van der Waals surface area contributed by atoms with Crippen LogP contribution in [0.1, 0.15) is 18.7 Å². The van der Waals surface area contributed by atoms with Gasteiger partial charge in [-0.25, -0.2) is 20.0 Å². The minimum absolute atomic E-state index is 0.0558. The van der Waals surface area contributed by atoms with Crippen molar-refractivity contribution in [2.75, 3.05) is 26.2 Å². The molecule has 0 radical (unpaired) electrons. The Kier molecular flexibility index (Phi) is 7.15. The third-order valence-corrected chi connectivity index (χ3v) is 5.02. The van der Waals surface area contributed by atoms with Crippen LogP contribution in [0.2, 0.25) is 0 Å². The lowest BCUT2D eigenvalue weighted by Crippen LogP contribution is -2.59. The molecule has 2 saturated heterocycles. The number of rotatable bonds is 3. The molecule has 4 rings (SSSR count). The number of aliphatic carboxylic acids is 2. The van der Waals surface area contributed by atoms with Gasteiger partial charge in [-0.2, -0.15) is 0 Å². The third-order valence-electron chi connectivity index (χ3n) is 5.02. The molecule has 5 N–H and O–H groups in total. The minimum atomic E-state index is -1.82. The Morgan fingerprint density at radius 3 is 2.32 bits per heavy atom. The van der Waals surface area contributed by atoms with E-state index < -0.39 is 11.9 Å². The monoisotopic (exact) mass is 432 g/mol. The van der Waals surface area contributed by atoms with E-state index in [1.54, 1.807) is 0 Å². The first-order valence-corrected chi connectivity index (χ1v) is 9.79. The number of aromatic nitrogens is 2. The molecule has 2 aliphatic heterocycles. The average molecular weight is 432 g/mol. The normalized spacial score (nSPS) is 19.3. The summed E-state index contributed by atoms with van der Waals surface area (Å²) in [5.74, 6) is -2.68. The number of hydrogen-bond acceptors (Lipinski definition) is 7. The molecule has 0 bridgehead atoms. The summed E-state index contributed by atoms with van der Waals surface area (Å²) < 4.78 is 0. The second-order valence-electron chi connectivity index (χ2n) is 7.20. The number of amides is 2. The van der Waals surface area contributed by atoms with Crippen molar-refractivity contribution in [2.24, 2.45) is 0 Å². The molecule has 12 heteroatoms. The first-order chi connectivity index (χ1) is 14.8. The number of carboxylic acid groups (broad SMARTS) is 2. The lowest BCUT2D eigenvalue weighted by Gasteiger charge is -2.36. The summed E-state index contributed by atoms with van der Waals surface area (Å²) in [6, 6.07) is 7.70. The van der Waals surface area contributed by atoms with Crippen molar-refractivity contribution in [3.05, 3.63) is 30.1 Å². The molecule has 0 spiro atoms. The molecule has 166 valence electrons. The molecule has 31 heavy (non-hydrogen) atoms. The smallest absolute Gasteiger partial charge is 0.414 e. The minimum Gasteiger partial charge on any atom is -0.473 e. The summed E-state index contributed by atoms with van der Waals surface area (Å²) in [6.07, 6.45) is 0.958. The Balaban J connectivity index is 0.000000401. The van der Waals surface area contributed by atoms with Crippen molar-refractivity contribution in [3.8, 4) is 0 Å². The van der Waals surface area contributed by atoms with Gasteiger partial charge in [0, 0.05) is 32.6 Å². The molecule has 2 aromatic rings. The fourth-order valence-corrected chi connectivity index (χ4v) is 3.40. The van der Waals surface area contributed by atoms with Gasteiger partial charge in [0.1, 0.15) is 11.9 Å². The van der Waals surface area contributed by atoms with Crippen molar-refractivity contribution in [2.45, 2.75) is 25.4 Å². The standard InChI is InChI=1S/C17H22N6O2.C2H2O4/c24-16-6-5-14(20-21-16)17(25)23-9-7-22(8-10-23)11-15-18-12-3-1-2-4-13(12)19-15;3-1(4)2(5)6/h1-4,14,20H,5-11H2,(H,18,19)(H,21,24);(H,3,4)(H,5,6). The number of hydrazine groups is 1. The molecule has 2 aliphatic rings. The first-order valence-electron chi connectivity index (χ1n) is 9.79. The second-order valence-corrected chi connectivity index (χ2v) is 7.20. The Bertz CT molecular complexity index is 913. The summed E-state index contributed by atoms with van der Waals surface area (Å²) in [6.45, 7) is 3.80. The van der Waals surface area contributed by atoms with Crippen LogP contribution >= 0.6 is 0 Å². The average Bonchev–Trinajstić information content (AvgIpc) is 3.17. The highest BCUT2D eigenvalue weighted by Gasteiger charge is 2.30. The van der Waals surface area contributed by atoms with Crippen LogP contribution < -0.4 is 10.9 Å². The lowest BCUT2D eigenvalue weighted by atomic mass is 10.1. The quantitative estimate of drug-likeness (QED) is 0.388. The van der Waals surface area contributed by atoms with E-state index >= 15 is 0 Å². The number of benzene rings is 1. The predicted molar refractivity (Wildman–Crippen MR) is 108 cm³/mol. The van der Waals surface area contributed by atoms with E-state index in [4.69, 9.17) is 19.8 Å². The van der Waals surface area contributed by atoms with Gasteiger partial charge in [0.15, 0.2) is 0 Å². The van der Waals surface area contributed by atoms with Crippen LogP contribution in [0.5, 0.6) is 0 Å². The van der Waals surface area contributed by atoms with Gasteiger partial charge in [0.2, 0.25) is 11.8 Å². The topological polar surface area (TPSA) is 168 Å². The highest BCUT2D eigenvalue weighted by atomic mass is 16.4. The van der Waals surface area contributed by atoms with Crippen LogP contribution in [0.15, 0.2) is 24.3 Å². The number of piperazine rings is 1. The molecule has 2 fully saturated rings. The number of hydrogen-bond donors (Lipinski definition) is 5. The molecule has 1 aromatic heterocycles. The molecule has 1 atom stereocenters. The summed E-state index contributed by atoms with van der Waals surface area (Å²) in [4.78, 5) is 54.0. The Hall–Kier alpha value is -3.51. The summed E-state index contributed by atoms with van der Waals surface area (Å²) in [5, 5.41) is 14.8. The van der Waals surface area contributed by atoms with Crippen molar-refractivity contribution in [1.29, 1.82) is 0 Å². The van der Waals surface area contributed by atoms with Gasteiger partial charge in [0.25, 0.3) is 0 Å². The van der Waals surface area contributed by atoms with Crippen molar-refractivity contribution >= 4 is 34.8 Å². The maximum atomic E-state index is 12.5. The molecule has 3 heterocycles. The molecular weight excluding hydrogens is 408 g/mol. The number of H-pyrrole nitrogens is 1. The van der Waals surface area contributed by atoms with Crippen molar-refractivity contribution in [1.82, 2.24) is 30.6 Å². The largest absolute Gasteiger partial charge is 0.473 e. The first kappa shape index (κ1) is 22.2. The molecule has 12 nitrogen and oxygen atoms in total. The number of nitrogens with zero attached hydrogens (tertiary/aromatic N) is 3. The Morgan fingerprint density at radius 1 is 1.06 bits per heavy atom. The second kappa shape index (κ2) is 10.00. The lowest BCUT2D eigenvalue weighted by molar-refractivity contribution is -0.159. The summed E-state index contributed by atoms with van der Waals surface area (Å²) in [7, 11) is 0. The number of imidazole rings is 1. The van der Waals surface area contributed by atoms with E-state index in [0.717, 1.165) is 36.5 Å². The Labute approximate surface area is 177 Å². The van der Waals surface area contributed by atoms with Crippen LogP contribution in [0, 0.1) is 0 Å².